The van der Waals surface area contributed by atoms with Crippen LogP contribution < -0.4 is 10.1 Å². The van der Waals surface area contributed by atoms with Crippen LogP contribution in [0.5, 0.6) is 5.75 Å². The summed E-state index contributed by atoms with van der Waals surface area (Å²) in [5.74, 6) is -0.320. The molecule has 2 aliphatic heterocycles. The van der Waals surface area contributed by atoms with Gasteiger partial charge in [-0.15, -0.1) is 0 Å². The van der Waals surface area contributed by atoms with Crippen LogP contribution in [0, 0.1) is 11.7 Å². The van der Waals surface area contributed by atoms with Gasteiger partial charge in [-0.05, 0) is 47.9 Å². The fraction of sp³-hybridized carbons (Fsp3) is 0.273. The first-order valence-corrected chi connectivity index (χ1v) is 11.5. The van der Waals surface area contributed by atoms with Crippen molar-refractivity contribution < 1.29 is 27.1 Å². The normalized spacial score (nSPS) is 22.9. The number of fused-ring (bicyclic) bond motifs is 3. The number of halogens is 1. The lowest BCUT2D eigenvalue weighted by Gasteiger charge is -2.32. The molecule has 166 valence electrons. The quantitative estimate of drug-likeness (QED) is 0.762. The Hall–Kier alpha value is -3.40. The number of ether oxygens (including phenoxy) is 1. The standard InChI is InChI=1S/C22H20FN3O5S/c1-31-17-5-2-13(3-6-17)18-10-16-8-14(18)11-25(16)21(27)12-26-22(28)24-19-7-4-15(23)9-20(19)32(26,29)30/h2-7,9-10,14,16H,8,11-12H2,1H3,(H,24,28)/t14-,16-/m0/s1. The first-order chi connectivity index (χ1) is 15.3. The van der Waals surface area contributed by atoms with Gasteiger partial charge in [-0.3, -0.25) is 4.79 Å². The minimum atomic E-state index is -4.35. The summed E-state index contributed by atoms with van der Waals surface area (Å²) in [5.41, 5.74) is 2.20. The van der Waals surface area contributed by atoms with Crippen LogP contribution in [-0.2, 0) is 14.8 Å². The summed E-state index contributed by atoms with van der Waals surface area (Å²) in [7, 11) is -2.74. The fourth-order valence-corrected chi connectivity index (χ4v) is 6.02. The number of carbonyl (C=O) groups excluding carboxylic acids is 2. The first-order valence-electron chi connectivity index (χ1n) is 10.1. The van der Waals surface area contributed by atoms with Crippen molar-refractivity contribution in [2.24, 2.45) is 5.92 Å². The highest BCUT2D eigenvalue weighted by Crippen LogP contribution is 2.43. The third-order valence-electron chi connectivity index (χ3n) is 6.16. The van der Waals surface area contributed by atoms with Crippen molar-refractivity contribution in [1.82, 2.24) is 9.21 Å². The smallest absolute Gasteiger partial charge is 0.336 e. The van der Waals surface area contributed by atoms with E-state index in [0.29, 0.717) is 10.8 Å². The highest BCUT2D eigenvalue weighted by atomic mass is 32.2. The lowest BCUT2D eigenvalue weighted by Crippen LogP contribution is -2.50. The lowest BCUT2D eigenvalue weighted by atomic mass is 9.95. The summed E-state index contributed by atoms with van der Waals surface area (Å²) >= 11 is 0. The maximum absolute atomic E-state index is 13.6. The summed E-state index contributed by atoms with van der Waals surface area (Å²) < 4.78 is 45.0. The Balaban J connectivity index is 1.34. The number of urea groups is 1. The maximum Gasteiger partial charge on any atom is 0.336 e. The second-order valence-electron chi connectivity index (χ2n) is 7.98. The van der Waals surface area contributed by atoms with Crippen LogP contribution in [0.2, 0.25) is 0 Å². The Labute approximate surface area is 184 Å². The molecule has 8 nitrogen and oxygen atoms in total. The van der Waals surface area contributed by atoms with E-state index in [1.165, 1.54) is 6.07 Å². The summed E-state index contributed by atoms with van der Waals surface area (Å²) in [6.45, 7) is -0.193. The van der Waals surface area contributed by atoms with E-state index in [0.717, 1.165) is 35.4 Å². The van der Waals surface area contributed by atoms with E-state index in [-0.39, 0.29) is 22.5 Å². The zero-order valence-electron chi connectivity index (χ0n) is 17.1. The number of carbonyl (C=O) groups is 2. The first kappa shape index (κ1) is 20.5. The van der Waals surface area contributed by atoms with Crippen molar-refractivity contribution in [2.75, 3.05) is 25.5 Å². The average Bonchev–Trinajstić information content (AvgIpc) is 3.39. The van der Waals surface area contributed by atoms with Gasteiger partial charge in [-0.2, -0.15) is 0 Å². The van der Waals surface area contributed by atoms with E-state index < -0.39 is 34.3 Å². The van der Waals surface area contributed by atoms with Crippen molar-refractivity contribution in [3.63, 3.8) is 0 Å². The van der Waals surface area contributed by atoms with Gasteiger partial charge in [-0.1, -0.05) is 18.2 Å². The minimum Gasteiger partial charge on any atom is -0.497 e. The molecule has 1 N–H and O–H groups in total. The molecule has 10 heteroatoms. The Morgan fingerprint density at radius 1 is 1.22 bits per heavy atom. The molecule has 0 aromatic heterocycles. The third-order valence-corrected chi connectivity index (χ3v) is 7.93. The number of anilines is 1. The van der Waals surface area contributed by atoms with E-state index in [9.17, 15) is 22.4 Å². The minimum absolute atomic E-state index is 0.00704. The summed E-state index contributed by atoms with van der Waals surface area (Å²) in [5, 5.41) is 2.41. The second kappa shape index (κ2) is 7.33. The molecule has 0 saturated carbocycles. The number of hydrogen-bond donors (Lipinski definition) is 1. The van der Waals surface area contributed by atoms with Crippen LogP contribution in [-0.4, -0.2) is 55.8 Å². The predicted octanol–water partition coefficient (Wildman–Crippen LogP) is 2.68. The molecule has 2 heterocycles. The van der Waals surface area contributed by atoms with Crippen molar-refractivity contribution >= 4 is 33.2 Å². The molecule has 2 bridgehead atoms. The Bertz CT molecular complexity index is 1260. The monoisotopic (exact) mass is 457 g/mol. The fourth-order valence-electron chi connectivity index (χ4n) is 4.58. The lowest BCUT2D eigenvalue weighted by molar-refractivity contribution is -0.131. The molecule has 0 unspecified atom stereocenters. The number of nitrogens with zero attached hydrogens (tertiary/aromatic N) is 2. The molecule has 0 radical (unpaired) electrons. The van der Waals surface area contributed by atoms with Crippen molar-refractivity contribution in [1.29, 1.82) is 0 Å². The molecule has 0 spiro atoms. The average molecular weight is 457 g/mol. The molecule has 1 saturated heterocycles. The molecule has 2 atom stereocenters. The van der Waals surface area contributed by atoms with Crippen molar-refractivity contribution in [3.8, 4) is 5.75 Å². The molecule has 1 aliphatic carbocycles. The van der Waals surface area contributed by atoms with Gasteiger partial charge in [-0.25, -0.2) is 21.9 Å². The van der Waals surface area contributed by atoms with Crippen LogP contribution in [0.4, 0.5) is 14.9 Å². The van der Waals surface area contributed by atoms with Crippen LogP contribution in [0.1, 0.15) is 12.0 Å². The van der Waals surface area contributed by atoms with E-state index in [1.807, 2.05) is 30.3 Å². The predicted molar refractivity (Wildman–Crippen MR) is 114 cm³/mol. The second-order valence-corrected chi connectivity index (χ2v) is 9.81. The van der Waals surface area contributed by atoms with E-state index >= 15 is 0 Å². The molecule has 2 aromatic rings. The number of hydrogen-bond acceptors (Lipinski definition) is 5. The summed E-state index contributed by atoms with van der Waals surface area (Å²) in [6.07, 6.45) is 2.77. The third kappa shape index (κ3) is 3.22. The Kier molecular flexibility index (Phi) is 4.70. The topological polar surface area (TPSA) is 96.0 Å². The van der Waals surface area contributed by atoms with E-state index in [1.54, 1.807) is 12.0 Å². The molecule has 2 aromatic carbocycles. The van der Waals surface area contributed by atoms with Gasteiger partial charge in [0, 0.05) is 12.5 Å². The summed E-state index contributed by atoms with van der Waals surface area (Å²) in [4.78, 5) is 26.6. The number of nitrogens with one attached hydrogen (secondary N) is 1. The van der Waals surface area contributed by atoms with Gasteiger partial charge in [0.05, 0.1) is 18.8 Å². The number of methoxy groups -OCH3 is 1. The van der Waals surface area contributed by atoms with Gasteiger partial charge in [0.1, 0.15) is 23.0 Å². The number of sulfonamides is 1. The molecular weight excluding hydrogens is 437 g/mol. The van der Waals surface area contributed by atoms with Gasteiger partial charge in [0.2, 0.25) is 5.91 Å². The van der Waals surface area contributed by atoms with Crippen LogP contribution in [0.3, 0.4) is 0 Å². The molecule has 32 heavy (non-hydrogen) atoms. The van der Waals surface area contributed by atoms with E-state index in [4.69, 9.17) is 4.74 Å². The maximum atomic E-state index is 13.6. The van der Waals surface area contributed by atoms with Crippen molar-refractivity contribution in [2.45, 2.75) is 17.4 Å². The summed E-state index contributed by atoms with van der Waals surface area (Å²) in [6, 6.07) is 9.69. The van der Waals surface area contributed by atoms with Crippen LogP contribution in [0.15, 0.2) is 53.4 Å². The molecule has 1 fully saturated rings. The number of benzene rings is 2. The zero-order valence-corrected chi connectivity index (χ0v) is 17.9. The molecule has 3 amide bonds. The van der Waals surface area contributed by atoms with Gasteiger partial charge >= 0.3 is 6.03 Å². The zero-order chi connectivity index (χ0) is 22.6. The number of amides is 3. The number of likely N-dealkylation sites (tertiary alicyclic amines) is 1. The number of rotatable bonds is 4. The highest BCUT2D eigenvalue weighted by molar-refractivity contribution is 7.90. The molecule has 5 rings (SSSR count). The van der Waals surface area contributed by atoms with Gasteiger partial charge < -0.3 is 15.0 Å². The SMILES string of the molecule is COc1ccc(C2=C[C@@H]3C[C@H]2CN3C(=O)CN2C(=O)Nc3ccc(F)cc3S2(=O)=O)cc1. The molecular formula is C22H20FN3O5S. The van der Waals surface area contributed by atoms with Gasteiger partial charge in [0.25, 0.3) is 10.0 Å². The largest absolute Gasteiger partial charge is 0.497 e. The Morgan fingerprint density at radius 3 is 2.62 bits per heavy atom. The van der Waals surface area contributed by atoms with Crippen LogP contribution in [0.25, 0.3) is 5.57 Å². The van der Waals surface area contributed by atoms with Crippen LogP contribution >= 0.6 is 0 Å². The van der Waals surface area contributed by atoms with Crippen molar-refractivity contribution in [3.05, 3.63) is 59.9 Å². The Morgan fingerprint density at radius 2 is 1.97 bits per heavy atom. The highest BCUT2D eigenvalue weighted by Gasteiger charge is 2.44. The van der Waals surface area contributed by atoms with Gasteiger partial charge in [0.15, 0.2) is 0 Å². The van der Waals surface area contributed by atoms with E-state index in [2.05, 4.69) is 5.32 Å². The molecule has 3 aliphatic rings.